The molecule has 84 valence electrons. The maximum Gasteiger partial charge on any atom is 0.134 e. The molecule has 0 saturated heterocycles. The minimum atomic E-state index is 0.420. The smallest absolute Gasteiger partial charge is 0.134 e. The van der Waals surface area contributed by atoms with E-state index in [0.717, 1.165) is 43.8 Å². The van der Waals surface area contributed by atoms with Crippen LogP contribution in [0.4, 0.5) is 0 Å². The van der Waals surface area contributed by atoms with Gasteiger partial charge in [-0.1, -0.05) is 24.6 Å². The minimum Gasteiger partial charge on any atom is -0.300 e. The minimum absolute atomic E-state index is 0.420. The molecule has 0 N–H and O–H groups in total. The molecule has 1 saturated carbocycles. The summed E-state index contributed by atoms with van der Waals surface area (Å²) in [6, 6.07) is 0.425. The average molecular weight is 228 g/mol. The lowest BCUT2D eigenvalue weighted by Gasteiger charge is -2.39. The Kier molecular flexibility index (Phi) is 3.47. The molecule has 2 rings (SSSR count). The van der Waals surface area contributed by atoms with Crippen LogP contribution in [0.15, 0.2) is 11.1 Å². The Bertz CT molecular complexity index is 287. The molecule has 2 nitrogen and oxygen atoms in total. The first-order valence-corrected chi connectivity index (χ1v) is 6.15. The van der Waals surface area contributed by atoms with Gasteiger partial charge in [-0.15, -0.1) is 0 Å². The third-order valence-electron chi connectivity index (χ3n) is 3.58. The molecule has 15 heavy (non-hydrogen) atoms. The highest BCUT2D eigenvalue weighted by atomic mass is 35.5. The van der Waals surface area contributed by atoms with Crippen LogP contribution in [-0.2, 0) is 4.79 Å². The molecule has 0 radical (unpaired) electrons. The van der Waals surface area contributed by atoms with Crippen molar-refractivity contribution in [2.24, 2.45) is 5.92 Å². The maximum absolute atomic E-state index is 11.5. The van der Waals surface area contributed by atoms with E-state index in [0.29, 0.717) is 17.7 Å². The highest BCUT2D eigenvalue weighted by molar-refractivity contribution is 6.29. The van der Waals surface area contributed by atoms with Crippen LogP contribution in [0.3, 0.4) is 0 Å². The van der Waals surface area contributed by atoms with Crippen LogP contribution in [-0.4, -0.2) is 29.8 Å². The molecule has 2 unspecified atom stereocenters. The normalized spacial score (nSPS) is 34.0. The lowest BCUT2D eigenvalue weighted by Crippen LogP contribution is -2.45. The van der Waals surface area contributed by atoms with Crippen LogP contribution < -0.4 is 0 Å². The number of hydrogen-bond acceptors (Lipinski definition) is 2. The molecule has 0 aromatic carbocycles. The van der Waals surface area contributed by atoms with Crippen molar-refractivity contribution < 1.29 is 4.79 Å². The highest BCUT2D eigenvalue weighted by Gasteiger charge is 2.31. The fourth-order valence-corrected chi connectivity index (χ4v) is 2.88. The van der Waals surface area contributed by atoms with Crippen LogP contribution in [0.2, 0.25) is 0 Å². The summed E-state index contributed by atoms with van der Waals surface area (Å²) >= 11 is 6.05. The van der Waals surface area contributed by atoms with Gasteiger partial charge in [-0.25, -0.2) is 0 Å². The first-order valence-electron chi connectivity index (χ1n) is 5.77. The van der Waals surface area contributed by atoms with Gasteiger partial charge in [-0.2, -0.15) is 0 Å². The topological polar surface area (TPSA) is 20.3 Å². The van der Waals surface area contributed by atoms with Gasteiger partial charge in [-0.3, -0.25) is 9.69 Å². The predicted octanol–water partition coefficient (Wildman–Crippen LogP) is 2.57. The summed E-state index contributed by atoms with van der Waals surface area (Å²) in [6.45, 7) is 4.14. The molecule has 0 spiro atoms. The van der Waals surface area contributed by atoms with Gasteiger partial charge >= 0.3 is 0 Å². The van der Waals surface area contributed by atoms with Crippen molar-refractivity contribution in [2.75, 3.05) is 13.1 Å². The molecule has 0 aromatic rings. The molecule has 3 heteroatoms. The van der Waals surface area contributed by atoms with Gasteiger partial charge in [0.1, 0.15) is 5.78 Å². The quantitative estimate of drug-likeness (QED) is 0.686. The van der Waals surface area contributed by atoms with Gasteiger partial charge in [0.2, 0.25) is 0 Å². The van der Waals surface area contributed by atoms with E-state index in [1.54, 1.807) is 0 Å². The second-order valence-electron chi connectivity index (χ2n) is 4.74. The Morgan fingerprint density at radius 3 is 3.07 bits per heavy atom. The summed E-state index contributed by atoms with van der Waals surface area (Å²) < 4.78 is 0. The first-order chi connectivity index (χ1) is 7.16. The lowest BCUT2D eigenvalue weighted by molar-refractivity contribution is -0.123. The monoisotopic (exact) mass is 227 g/mol. The van der Waals surface area contributed by atoms with Crippen LogP contribution in [0.25, 0.3) is 0 Å². The van der Waals surface area contributed by atoms with E-state index in [9.17, 15) is 4.79 Å². The third kappa shape index (κ3) is 2.61. The Balaban J connectivity index is 2.02. The van der Waals surface area contributed by atoms with Gasteiger partial charge in [0, 0.05) is 37.0 Å². The van der Waals surface area contributed by atoms with E-state index < -0.39 is 0 Å². The maximum atomic E-state index is 11.5. The molecule has 0 aromatic heterocycles. The number of halogens is 1. The number of carbonyl (C=O) groups excluding carboxylic acids is 1. The zero-order chi connectivity index (χ0) is 10.8. The second-order valence-corrected chi connectivity index (χ2v) is 5.22. The number of Topliss-reactive ketones (excluding diaryl/α,β-unsaturated/α-hetero) is 1. The summed E-state index contributed by atoms with van der Waals surface area (Å²) in [5.74, 6) is 1.05. The Morgan fingerprint density at radius 1 is 1.53 bits per heavy atom. The first kappa shape index (κ1) is 11.2. The molecular formula is C12H18ClNO. The van der Waals surface area contributed by atoms with Crippen molar-refractivity contribution in [2.45, 2.75) is 38.6 Å². The Labute approximate surface area is 96.3 Å². The molecule has 2 aliphatic rings. The van der Waals surface area contributed by atoms with Crippen LogP contribution in [0, 0.1) is 5.92 Å². The van der Waals surface area contributed by atoms with Crippen molar-refractivity contribution in [1.82, 2.24) is 4.90 Å². The molecule has 2 atom stereocenters. The Morgan fingerprint density at radius 2 is 2.33 bits per heavy atom. The van der Waals surface area contributed by atoms with Crippen molar-refractivity contribution in [3.63, 3.8) is 0 Å². The summed E-state index contributed by atoms with van der Waals surface area (Å²) in [5.41, 5.74) is 0. The highest BCUT2D eigenvalue weighted by Crippen LogP contribution is 2.28. The van der Waals surface area contributed by atoms with Crippen molar-refractivity contribution in [1.29, 1.82) is 0 Å². The largest absolute Gasteiger partial charge is 0.300 e. The lowest BCUT2D eigenvalue weighted by atomic mass is 9.83. The fraction of sp³-hybridized carbons (Fsp3) is 0.750. The zero-order valence-corrected chi connectivity index (χ0v) is 9.96. The predicted molar refractivity (Wildman–Crippen MR) is 61.9 cm³/mol. The third-order valence-corrected chi connectivity index (χ3v) is 3.85. The SMILES string of the molecule is CC1CCC(=O)CC1N1CCC=C(Cl)C1. The van der Waals surface area contributed by atoms with E-state index in [1.165, 1.54) is 0 Å². The average Bonchev–Trinajstić information content (AvgIpc) is 2.22. The molecule has 1 aliphatic carbocycles. The number of carbonyl (C=O) groups is 1. The van der Waals surface area contributed by atoms with E-state index in [2.05, 4.69) is 17.9 Å². The van der Waals surface area contributed by atoms with Crippen LogP contribution >= 0.6 is 11.6 Å². The van der Waals surface area contributed by atoms with Gasteiger partial charge in [0.25, 0.3) is 0 Å². The van der Waals surface area contributed by atoms with E-state index >= 15 is 0 Å². The summed E-state index contributed by atoms with van der Waals surface area (Å²) in [4.78, 5) is 13.8. The molecule has 1 heterocycles. The number of nitrogens with zero attached hydrogens (tertiary/aromatic N) is 1. The fourth-order valence-electron chi connectivity index (χ4n) is 2.61. The van der Waals surface area contributed by atoms with Crippen LogP contribution in [0.5, 0.6) is 0 Å². The summed E-state index contributed by atoms with van der Waals surface area (Å²) in [7, 11) is 0. The van der Waals surface area contributed by atoms with Gasteiger partial charge in [0.15, 0.2) is 0 Å². The van der Waals surface area contributed by atoms with Gasteiger partial charge in [0.05, 0.1) is 0 Å². The van der Waals surface area contributed by atoms with Crippen molar-refractivity contribution in [3.8, 4) is 0 Å². The summed E-state index contributed by atoms with van der Waals surface area (Å²) in [6.07, 6.45) is 5.66. The summed E-state index contributed by atoms with van der Waals surface area (Å²) in [5, 5.41) is 0.937. The van der Waals surface area contributed by atoms with E-state index in [1.807, 2.05) is 0 Å². The molecule has 1 aliphatic heterocycles. The van der Waals surface area contributed by atoms with Crippen molar-refractivity contribution >= 4 is 17.4 Å². The van der Waals surface area contributed by atoms with E-state index in [-0.39, 0.29) is 0 Å². The molecule has 0 amide bonds. The van der Waals surface area contributed by atoms with Gasteiger partial charge in [-0.05, 0) is 18.8 Å². The van der Waals surface area contributed by atoms with Gasteiger partial charge < -0.3 is 0 Å². The Hall–Kier alpha value is -0.340. The van der Waals surface area contributed by atoms with Crippen molar-refractivity contribution in [3.05, 3.63) is 11.1 Å². The second kappa shape index (κ2) is 4.67. The standard InChI is InChI=1S/C12H18ClNO/c1-9-4-5-11(15)7-12(9)14-6-2-3-10(13)8-14/h3,9,12H,2,4-8H2,1H3. The molecule has 1 fully saturated rings. The number of rotatable bonds is 1. The number of ketones is 1. The number of hydrogen-bond donors (Lipinski definition) is 0. The van der Waals surface area contributed by atoms with Crippen LogP contribution in [0.1, 0.15) is 32.6 Å². The zero-order valence-electron chi connectivity index (χ0n) is 9.21. The molecule has 0 bridgehead atoms. The molecular weight excluding hydrogens is 210 g/mol. The van der Waals surface area contributed by atoms with E-state index in [4.69, 9.17) is 11.6 Å².